The minimum absolute atomic E-state index is 0.535. The molecule has 0 amide bonds. The lowest BCUT2D eigenvalue weighted by molar-refractivity contribution is -0.152. The lowest BCUT2D eigenvalue weighted by atomic mass is 10.2. The van der Waals surface area contributed by atoms with Gasteiger partial charge in [-0.25, -0.2) is 14.4 Å². The van der Waals surface area contributed by atoms with E-state index in [2.05, 4.69) is 9.47 Å². The summed E-state index contributed by atoms with van der Waals surface area (Å²) in [5.41, 5.74) is 0. The zero-order valence-corrected chi connectivity index (χ0v) is 9.35. The number of carbonyl (C=O) groups is 3. The van der Waals surface area contributed by atoms with Crippen LogP contribution in [0.5, 0.6) is 0 Å². The Morgan fingerprint density at radius 2 is 2.00 bits per heavy atom. The highest BCUT2D eigenvalue weighted by atomic mass is 16.6. The molecule has 0 aromatic carbocycles. The van der Waals surface area contributed by atoms with E-state index < -0.39 is 48.2 Å². The molecule has 0 saturated heterocycles. The fourth-order valence-electron chi connectivity index (χ4n) is 1.17. The van der Waals surface area contributed by atoms with Crippen LogP contribution in [0, 0.1) is 0 Å². The smallest absolute Gasteiger partial charge is 0.377 e. The molecule has 9 nitrogen and oxygen atoms in total. The van der Waals surface area contributed by atoms with E-state index in [0.717, 1.165) is 0 Å². The Bertz CT molecular complexity index is 462. The Hall–Kier alpha value is -2.55. The standard InChI is InChI=1S/C10H10O9/c11-4(3-18-6(14)2-1-5(12)13)9-7(15)8(16)10(17)19-9/h1-2,4,9,11,15-16H,3H2,(H,12,13)/b2-1-/t4-,9+/m0/s1. The van der Waals surface area contributed by atoms with Gasteiger partial charge in [0.1, 0.15) is 12.7 Å². The van der Waals surface area contributed by atoms with Crippen molar-refractivity contribution in [3.63, 3.8) is 0 Å². The Balaban J connectivity index is 2.49. The molecule has 1 aliphatic heterocycles. The summed E-state index contributed by atoms with van der Waals surface area (Å²) >= 11 is 0. The summed E-state index contributed by atoms with van der Waals surface area (Å²) in [5, 5.41) is 35.9. The third-order valence-corrected chi connectivity index (χ3v) is 2.05. The van der Waals surface area contributed by atoms with Crippen molar-refractivity contribution in [3.8, 4) is 0 Å². The number of esters is 2. The third-order valence-electron chi connectivity index (χ3n) is 2.05. The maximum atomic E-state index is 11.0. The minimum Gasteiger partial charge on any atom is -0.505 e. The molecule has 0 saturated carbocycles. The summed E-state index contributed by atoms with van der Waals surface area (Å²) in [6, 6.07) is 0. The van der Waals surface area contributed by atoms with Gasteiger partial charge in [-0.05, 0) is 0 Å². The van der Waals surface area contributed by atoms with Crippen LogP contribution in [-0.4, -0.2) is 57.1 Å². The van der Waals surface area contributed by atoms with Crippen LogP contribution in [0.4, 0.5) is 0 Å². The maximum absolute atomic E-state index is 11.0. The van der Waals surface area contributed by atoms with Gasteiger partial charge in [-0.2, -0.15) is 0 Å². The average molecular weight is 274 g/mol. The van der Waals surface area contributed by atoms with Crippen LogP contribution < -0.4 is 0 Å². The van der Waals surface area contributed by atoms with E-state index in [1.54, 1.807) is 0 Å². The molecular formula is C10H10O9. The van der Waals surface area contributed by atoms with Gasteiger partial charge in [0.05, 0.1) is 0 Å². The first-order valence-electron chi connectivity index (χ1n) is 4.91. The molecule has 0 spiro atoms. The normalized spacial score (nSPS) is 20.5. The van der Waals surface area contributed by atoms with Crippen molar-refractivity contribution in [2.45, 2.75) is 12.2 Å². The number of ether oxygens (including phenoxy) is 2. The van der Waals surface area contributed by atoms with Crippen molar-refractivity contribution in [3.05, 3.63) is 23.7 Å². The molecule has 0 aromatic heterocycles. The summed E-state index contributed by atoms with van der Waals surface area (Å²) in [7, 11) is 0. The highest BCUT2D eigenvalue weighted by Gasteiger charge is 2.39. The average Bonchev–Trinajstić information content (AvgIpc) is 2.61. The van der Waals surface area contributed by atoms with Crippen LogP contribution in [0.2, 0.25) is 0 Å². The lowest BCUT2D eigenvalue weighted by Crippen LogP contribution is -2.33. The monoisotopic (exact) mass is 274 g/mol. The first-order chi connectivity index (χ1) is 8.82. The molecule has 104 valence electrons. The number of carbonyl (C=O) groups excluding carboxylic acids is 2. The zero-order valence-electron chi connectivity index (χ0n) is 9.35. The highest BCUT2D eigenvalue weighted by molar-refractivity contribution is 5.91. The van der Waals surface area contributed by atoms with Gasteiger partial charge in [-0.1, -0.05) is 0 Å². The number of carboxylic acid groups (broad SMARTS) is 1. The molecule has 1 heterocycles. The van der Waals surface area contributed by atoms with Gasteiger partial charge in [0, 0.05) is 12.2 Å². The van der Waals surface area contributed by atoms with Gasteiger partial charge in [0.15, 0.2) is 11.9 Å². The van der Waals surface area contributed by atoms with Gasteiger partial charge in [0.2, 0.25) is 5.76 Å². The summed E-state index contributed by atoms with van der Waals surface area (Å²) in [5.74, 6) is -5.50. The molecule has 0 radical (unpaired) electrons. The number of hydrogen-bond acceptors (Lipinski definition) is 8. The number of carboxylic acids is 1. The second-order valence-corrected chi connectivity index (χ2v) is 3.43. The highest BCUT2D eigenvalue weighted by Crippen LogP contribution is 2.21. The number of aliphatic carboxylic acids is 1. The van der Waals surface area contributed by atoms with Crippen molar-refractivity contribution >= 4 is 17.9 Å². The number of hydrogen-bond donors (Lipinski definition) is 4. The molecule has 0 aliphatic carbocycles. The summed E-state index contributed by atoms with van der Waals surface area (Å²) in [6.07, 6.45) is -1.99. The Labute approximate surface area is 106 Å². The quantitative estimate of drug-likeness (QED) is 0.357. The van der Waals surface area contributed by atoms with E-state index in [0.29, 0.717) is 12.2 Å². The van der Waals surface area contributed by atoms with E-state index >= 15 is 0 Å². The molecule has 0 bridgehead atoms. The van der Waals surface area contributed by atoms with Crippen molar-refractivity contribution in [1.29, 1.82) is 0 Å². The van der Waals surface area contributed by atoms with Crippen LogP contribution in [0.15, 0.2) is 23.7 Å². The van der Waals surface area contributed by atoms with Gasteiger partial charge in [-0.3, -0.25) is 0 Å². The molecule has 1 rings (SSSR count). The lowest BCUT2D eigenvalue weighted by Gasteiger charge is -2.16. The Kier molecular flexibility index (Phi) is 4.48. The molecule has 0 fully saturated rings. The van der Waals surface area contributed by atoms with Crippen LogP contribution in [-0.2, 0) is 23.9 Å². The van der Waals surface area contributed by atoms with E-state index in [1.807, 2.05) is 0 Å². The molecule has 2 atom stereocenters. The Morgan fingerprint density at radius 1 is 1.37 bits per heavy atom. The third kappa shape index (κ3) is 3.71. The van der Waals surface area contributed by atoms with E-state index in [-0.39, 0.29) is 0 Å². The molecule has 4 N–H and O–H groups in total. The molecular weight excluding hydrogens is 264 g/mol. The molecule has 19 heavy (non-hydrogen) atoms. The first kappa shape index (κ1) is 14.5. The molecule has 1 aliphatic rings. The topological polar surface area (TPSA) is 151 Å². The van der Waals surface area contributed by atoms with Crippen LogP contribution >= 0.6 is 0 Å². The summed E-state index contributed by atoms with van der Waals surface area (Å²) < 4.78 is 8.85. The number of rotatable bonds is 5. The second-order valence-electron chi connectivity index (χ2n) is 3.43. The zero-order chi connectivity index (χ0) is 14.6. The number of aliphatic hydroxyl groups excluding tert-OH is 3. The predicted molar refractivity (Wildman–Crippen MR) is 55.9 cm³/mol. The fraction of sp³-hybridized carbons (Fsp3) is 0.300. The number of aliphatic hydroxyl groups is 3. The van der Waals surface area contributed by atoms with E-state index in [4.69, 9.17) is 10.2 Å². The molecule has 9 heteroatoms. The van der Waals surface area contributed by atoms with Crippen molar-refractivity contribution < 1.29 is 44.3 Å². The summed E-state index contributed by atoms with van der Waals surface area (Å²) in [4.78, 5) is 31.9. The molecule has 0 aromatic rings. The minimum atomic E-state index is -1.60. The Morgan fingerprint density at radius 3 is 2.47 bits per heavy atom. The molecule has 0 unspecified atom stereocenters. The van der Waals surface area contributed by atoms with Crippen molar-refractivity contribution in [2.75, 3.05) is 6.61 Å². The van der Waals surface area contributed by atoms with Gasteiger partial charge >= 0.3 is 17.9 Å². The first-order valence-corrected chi connectivity index (χ1v) is 4.91. The van der Waals surface area contributed by atoms with Crippen LogP contribution in [0.25, 0.3) is 0 Å². The van der Waals surface area contributed by atoms with E-state index in [1.165, 1.54) is 0 Å². The van der Waals surface area contributed by atoms with Crippen LogP contribution in [0.3, 0.4) is 0 Å². The SMILES string of the molecule is O=C(O)/C=C\C(=O)OC[C@H](O)[C@H]1OC(=O)C(O)=C1O. The second kappa shape index (κ2) is 5.87. The van der Waals surface area contributed by atoms with Crippen molar-refractivity contribution in [1.82, 2.24) is 0 Å². The fourth-order valence-corrected chi connectivity index (χ4v) is 1.17. The van der Waals surface area contributed by atoms with Crippen molar-refractivity contribution in [2.24, 2.45) is 0 Å². The summed E-state index contributed by atoms with van der Waals surface area (Å²) in [6.45, 7) is -0.669. The number of cyclic esters (lactones) is 1. The largest absolute Gasteiger partial charge is 0.505 e. The maximum Gasteiger partial charge on any atom is 0.377 e. The van der Waals surface area contributed by atoms with E-state index in [9.17, 15) is 24.6 Å². The van der Waals surface area contributed by atoms with Gasteiger partial charge in [-0.15, -0.1) is 0 Å². The van der Waals surface area contributed by atoms with Crippen LogP contribution in [0.1, 0.15) is 0 Å². The predicted octanol–water partition coefficient (Wildman–Crippen LogP) is -1.22. The van der Waals surface area contributed by atoms with Gasteiger partial charge in [0.25, 0.3) is 0 Å². The van der Waals surface area contributed by atoms with Gasteiger partial charge < -0.3 is 29.9 Å².